The Balaban J connectivity index is 1.72. The van der Waals surface area contributed by atoms with E-state index in [1.807, 2.05) is 0 Å². The van der Waals surface area contributed by atoms with E-state index < -0.39 is 23.2 Å². The Morgan fingerprint density at radius 3 is 2.23 bits per heavy atom. The number of hydrogen-bond acceptors (Lipinski definition) is 4. The van der Waals surface area contributed by atoms with Crippen LogP contribution >= 0.6 is 0 Å². The molecule has 0 aromatic heterocycles. The van der Waals surface area contributed by atoms with Crippen molar-refractivity contribution in [3.05, 3.63) is 0 Å². The van der Waals surface area contributed by atoms with Crippen LogP contribution in [0.3, 0.4) is 0 Å². The lowest BCUT2D eigenvalue weighted by Crippen LogP contribution is -2.65. The first-order valence-electron chi connectivity index (χ1n) is 10.8. The zero-order valence-electron chi connectivity index (χ0n) is 16.9. The maximum atomic E-state index is 11.4. The summed E-state index contributed by atoms with van der Waals surface area (Å²) >= 11 is 0. The molecule has 10 atom stereocenters. The second-order valence-corrected chi connectivity index (χ2v) is 11.0. The van der Waals surface area contributed by atoms with Crippen LogP contribution in [-0.4, -0.2) is 44.3 Å². The molecule has 0 radical (unpaired) electrons. The fourth-order valence-corrected chi connectivity index (χ4v) is 8.44. The molecule has 4 N–H and O–H groups in total. The van der Waals surface area contributed by atoms with E-state index in [4.69, 9.17) is 0 Å². The van der Waals surface area contributed by atoms with Crippen LogP contribution in [0.5, 0.6) is 0 Å². The third-order valence-electron chi connectivity index (χ3n) is 10.2. The second-order valence-electron chi connectivity index (χ2n) is 11.0. The summed E-state index contributed by atoms with van der Waals surface area (Å²) in [5.41, 5.74) is -1.38. The quantitative estimate of drug-likeness (QED) is 0.575. The van der Waals surface area contributed by atoms with Gasteiger partial charge < -0.3 is 20.4 Å². The summed E-state index contributed by atoms with van der Waals surface area (Å²) in [6, 6.07) is 0. The molecule has 0 saturated heterocycles. The number of fused-ring (bicyclic) bond motifs is 5. The fraction of sp³-hybridized carbons (Fsp3) is 1.00. The van der Waals surface area contributed by atoms with Gasteiger partial charge in [0.15, 0.2) is 0 Å². The Morgan fingerprint density at radius 1 is 0.885 bits per heavy atom. The van der Waals surface area contributed by atoms with E-state index in [2.05, 4.69) is 20.8 Å². The molecule has 0 amide bonds. The Kier molecular flexibility index (Phi) is 4.19. The molecule has 0 bridgehead atoms. The predicted octanol–water partition coefficient (Wildman–Crippen LogP) is 2.86. The molecule has 0 heterocycles. The first-order chi connectivity index (χ1) is 12.0. The van der Waals surface area contributed by atoms with Gasteiger partial charge in [0, 0.05) is 5.41 Å². The van der Waals surface area contributed by atoms with Crippen LogP contribution in [0.2, 0.25) is 0 Å². The highest BCUT2D eigenvalue weighted by Crippen LogP contribution is 2.71. The molecule has 0 aliphatic heterocycles. The largest absolute Gasteiger partial charge is 0.393 e. The van der Waals surface area contributed by atoms with E-state index in [9.17, 15) is 20.4 Å². The van der Waals surface area contributed by atoms with Gasteiger partial charge in [-0.05, 0) is 86.9 Å². The van der Waals surface area contributed by atoms with Crippen molar-refractivity contribution in [1.82, 2.24) is 0 Å². The van der Waals surface area contributed by atoms with Crippen molar-refractivity contribution in [2.24, 2.45) is 34.0 Å². The van der Waals surface area contributed by atoms with Crippen LogP contribution in [0.1, 0.15) is 79.1 Å². The Bertz CT molecular complexity index is 578. The van der Waals surface area contributed by atoms with E-state index in [0.717, 1.165) is 38.5 Å². The first kappa shape index (κ1) is 19.2. The van der Waals surface area contributed by atoms with Gasteiger partial charge in [-0.3, -0.25) is 0 Å². The van der Waals surface area contributed by atoms with Gasteiger partial charge >= 0.3 is 0 Å². The molecular formula is C22H38O4. The van der Waals surface area contributed by atoms with Crippen LogP contribution in [0.25, 0.3) is 0 Å². The lowest BCUT2D eigenvalue weighted by Gasteiger charge is -2.66. The third-order valence-corrected chi connectivity index (χ3v) is 10.2. The minimum absolute atomic E-state index is 0.0431. The van der Waals surface area contributed by atoms with Gasteiger partial charge in [-0.15, -0.1) is 0 Å². The van der Waals surface area contributed by atoms with Crippen molar-refractivity contribution in [2.75, 3.05) is 0 Å². The highest BCUT2D eigenvalue weighted by Gasteiger charge is 2.69. The monoisotopic (exact) mass is 366 g/mol. The Labute approximate surface area is 158 Å². The molecule has 0 aromatic carbocycles. The van der Waals surface area contributed by atoms with E-state index in [1.165, 1.54) is 0 Å². The van der Waals surface area contributed by atoms with Crippen LogP contribution in [0.4, 0.5) is 0 Å². The number of aliphatic hydroxyl groups is 4. The van der Waals surface area contributed by atoms with Gasteiger partial charge in [-0.2, -0.15) is 0 Å². The van der Waals surface area contributed by atoms with E-state index in [0.29, 0.717) is 24.7 Å². The summed E-state index contributed by atoms with van der Waals surface area (Å²) in [6.45, 7) is 8.50. The number of aliphatic hydroxyl groups excluding tert-OH is 3. The molecule has 150 valence electrons. The van der Waals surface area contributed by atoms with E-state index >= 15 is 0 Å². The van der Waals surface area contributed by atoms with Crippen molar-refractivity contribution in [3.63, 3.8) is 0 Å². The molecule has 26 heavy (non-hydrogen) atoms. The van der Waals surface area contributed by atoms with Gasteiger partial charge in [0.1, 0.15) is 0 Å². The normalized spacial score (nSPS) is 60.7. The van der Waals surface area contributed by atoms with E-state index in [-0.39, 0.29) is 22.9 Å². The van der Waals surface area contributed by atoms with E-state index in [1.54, 1.807) is 6.92 Å². The smallest absolute Gasteiger partial charge is 0.0959 e. The molecule has 4 fully saturated rings. The van der Waals surface area contributed by atoms with Crippen LogP contribution in [0, 0.1) is 34.0 Å². The molecule has 0 aromatic rings. The summed E-state index contributed by atoms with van der Waals surface area (Å²) in [5.74, 6) is 1.01. The highest BCUT2D eigenvalue weighted by molar-refractivity contribution is 5.18. The molecule has 4 aliphatic carbocycles. The molecule has 4 aliphatic rings. The lowest BCUT2D eigenvalue weighted by molar-refractivity contribution is -0.235. The molecule has 0 unspecified atom stereocenters. The van der Waals surface area contributed by atoms with Gasteiger partial charge in [-0.25, -0.2) is 0 Å². The number of rotatable bonds is 1. The SMILES string of the molecule is C[C@H](O)[C@@]1(O)CC[C@@H]2[C@H]3CC[C@@]4(C)C[C@H](O)CC[C@]4(C)[C@@H]3[C@@H](O)C[C@@]21C. The minimum Gasteiger partial charge on any atom is -0.393 e. The molecular weight excluding hydrogens is 328 g/mol. The highest BCUT2D eigenvalue weighted by atomic mass is 16.3. The van der Waals surface area contributed by atoms with Gasteiger partial charge in [0.2, 0.25) is 0 Å². The van der Waals surface area contributed by atoms with Crippen LogP contribution in [-0.2, 0) is 0 Å². The fourth-order valence-electron chi connectivity index (χ4n) is 8.44. The summed E-state index contributed by atoms with van der Waals surface area (Å²) in [4.78, 5) is 0. The molecule has 4 heteroatoms. The second kappa shape index (κ2) is 5.68. The maximum absolute atomic E-state index is 11.4. The zero-order chi connectivity index (χ0) is 19.1. The lowest BCUT2D eigenvalue weighted by atomic mass is 9.39. The van der Waals surface area contributed by atoms with Crippen LogP contribution < -0.4 is 0 Å². The average molecular weight is 367 g/mol. The molecule has 4 saturated carbocycles. The summed E-state index contributed by atoms with van der Waals surface area (Å²) in [5, 5.41) is 43.3. The number of hydrogen-bond donors (Lipinski definition) is 4. The maximum Gasteiger partial charge on any atom is 0.0959 e. The topological polar surface area (TPSA) is 80.9 Å². The Hall–Kier alpha value is -0.160. The van der Waals surface area contributed by atoms with Crippen molar-refractivity contribution in [3.8, 4) is 0 Å². The average Bonchev–Trinajstić information content (AvgIpc) is 2.81. The summed E-state index contributed by atoms with van der Waals surface area (Å²) in [7, 11) is 0. The van der Waals surface area contributed by atoms with Crippen molar-refractivity contribution >= 4 is 0 Å². The van der Waals surface area contributed by atoms with Crippen LogP contribution in [0.15, 0.2) is 0 Å². The summed E-state index contributed by atoms with van der Waals surface area (Å²) in [6.07, 6.45) is 5.56. The zero-order valence-corrected chi connectivity index (χ0v) is 16.9. The third kappa shape index (κ3) is 2.16. The predicted molar refractivity (Wildman–Crippen MR) is 100 cm³/mol. The summed E-state index contributed by atoms with van der Waals surface area (Å²) < 4.78 is 0. The molecule has 4 nitrogen and oxygen atoms in total. The van der Waals surface area contributed by atoms with Crippen molar-refractivity contribution in [2.45, 2.75) is 103 Å². The van der Waals surface area contributed by atoms with Crippen molar-refractivity contribution in [1.29, 1.82) is 0 Å². The van der Waals surface area contributed by atoms with Crippen molar-refractivity contribution < 1.29 is 20.4 Å². The minimum atomic E-state index is -1.09. The van der Waals surface area contributed by atoms with Gasteiger partial charge in [0.05, 0.1) is 23.9 Å². The van der Waals surface area contributed by atoms with Gasteiger partial charge in [-0.1, -0.05) is 20.8 Å². The molecule has 4 rings (SSSR count). The standard InChI is InChI=1S/C22H38O4/c1-13(23)22(26)10-7-16-15-6-8-19(2)11-14(24)5-9-20(19,3)18(15)17(25)12-21(16,22)4/h13-18,23-26H,5-12H2,1-4H3/t13-,14+,15+,16+,17-,18-,19-,20+,21-,22-/m0/s1. The molecule has 0 spiro atoms. The first-order valence-corrected chi connectivity index (χ1v) is 10.8. The van der Waals surface area contributed by atoms with Gasteiger partial charge in [0.25, 0.3) is 0 Å². The Morgan fingerprint density at radius 2 is 1.58 bits per heavy atom.